The second-order valence-corrected chi connectivity index (χ2v) is 22.0. The van der Waals surface area contributed by atoms with E-state index >= 15 is 8.63 Å². The van der Waals surface area contributed by atoms with Crippen molar-refractivity contribution in [2.75, 3.05) is 6.61 Å². The SMILES string of the molecule is O=c1c2ccc3oc4ccc(-c5ccc(C(F)(F)F)cc5)cc4c4ccc(c(=O)n1CCCCCCOc1cc(Cl)c(C5=C6C=C7CCCc8ccccc8C7=[N+]6[B-](F)(F)n6c5cc5c6-c6ccccc6CCC5)c(Cl)c1)c2c34. The minimum Gasteiger partial charge on any atom is -0.493 e. The molecule has 0 fully saturated rings. The molecule has 2 aliphatic heterocycles. The first-order chi connectivity index (χ1) is 38.2. The van der Waals surface area contributed by atoms with Gasteiger partial charge in [-0.05, 0) is 157 Å². The summed E-state index contributed by atoms with van der Waals surface area (Å²) in [5.41, 5.74) is 9.13. The lowest BCUT2D eigenvalue weighted by molar-refractivity contribution is -0.361. The third-order valence-corrected chi connectivity index (χ3v) is 17.2. The topological polar surface area (TPSA) is 69.4 Å². The van der Waals surface area contributed by atoms with Crippen LogP contribution in [0.5, 0.6) is 5.75 Å². The van der Waals surface area contributed by atoms with Crippen LogP contribution < -0.4 is 15.9 Å². The number of aromatic nitrogens is 2. The summed E-state index contributed by atoms with van der Waals surface area (Å²) in [5.74, 6) is 0.446. The summed E-state index contributed by atoms with van der Waals surface area (Å²) in [5, 5.41) is 3.94. The molecule has 7 nitrogen and oxygen atoms in total. The minimum atomic E-state index is -4.45. The molecule has 5 heterocycles. The molecule has 0 atom stereocenters. The van der Waals surface area contributed by atoms with Gasteiger partial charge in [0.1, 0.15) is 16.9 Å². The highest BCUT2D eigenvalue weighted by Gasteiger charge is 2.57. The molecular weight excluding hydrogens is 1050 g/mol. The molecule has 79 heavy (non-hydrogen) atoms. The summed E-state index contributed by atoms with van der Waals surface area (Å²) in [7, 11) is 0. The van der Waals surface area contributed by atoms with E-state index in [-0.39, 0.29) is 16.6 Å². The van der Waals surface area contributed by atoms with Crippen molar-refractivity contribution in [3.63, 3.8) is 0 Å². The summed E-state index contributed by atoms with van der Waals surface area (Å²) in [6.45, 7) is -3.87. The van der Waals surface area contributed by atoms with Crippen LogP contribution in [0.4, 0.5) is 21.8 Å². The van der Waals surface area contributed by atoms with Gasteiger partial charge >= 0.3 is 13.1 Å². The smallest absolute Gasteiger partial charge is 0.493 e. The first-order valence-electron chi connectivity index (χ1n) is 26.9. The number of allylic oxidation sites excluding steroid dienone is 2. The largest absolute Gasteiger partial charge is 0.737 e. The Balaban J connectivity index is 0.709. The van der Waals surface area contributed by atoms with Gasteiger partial charge in [-0.15, -0.1) is 0 Å². The molecule has 7 aromatic carbocycles. The van der Waals surface area contributed by atoms with E-state index in [0.717, 1.165) is 83.0 Å². The van der Waals surface area contributed by atoms with E-state index in [0.29, 0.717) is 128 Å². The third-order valence-electron chi connectivity index (χ3n) is 16.6. The van der Waals surface area contributed by atoms with Crippen LogP contribution in [0.25, 0.3) is 71.4 Å². The van der Waals surface area contributed by atoms with E-state index in [1.807, 2.05) is 72.8 Å². The molecule has 0 saturated heterocycles. The fourth-order valence-corrected chi connectivity index (χ4v) is 13.7. The van der Waals surface area contributed by atoms with Crippen molar-refractivity contribution < 1.29 is 35.4 Å². The van der Waals surface area contributed by atoms with Crippen molar-refractivity contribution in [2.45, 2.75) is 76.9 Å². The zero-order valence-electron chi connectivity index (χ0n) is 42.5. The standard InChI is InChI=1S/C64H47BCl2F5N3O4/c66-50-34-43(35-51(67)58(50)59-52-32-40-15-9-13-37-11-3-5-17-44(37)60(40)74(52)65(71,72)75-53(59)33-41-16-10-14-38-12-4-6-18-45(38)61(41)75)78-30-8-2-1-7-29-73-62(76)47-25-24-46-49-31-39(36-19-22-42(23-20-36)64(68,69)70)21-27-54(49)79-55-28-26-48(63(73)77)56(47)57(46)55/h3-6,11-12,17-28,31-35H,1-2,7-10,13-16,29-30H2. The molecule has 3 aromatic heterocycles. The molecular formula is C64H47BCl2F5N3O4. The van der Waals surface area contributed by atoms with Gasteiger partial charge < -0.3 is 26.7 Å². The molecule has 0 N–H and O–H groups in total. The normalized spacial score (nSPS) is 15.7. The Morgan fingerprint density at radius 2 is 1.27 bits per heavy atom. The van der Waals surface area contributed by atoms with Gasteiger partial charge in [-0.1, -0.05) is 103 Å². The van der Waals surface area contributed by atoms with Crippen molar-refractivity contribution in [3.8, 4) is 28.1 Å². The van der Waals surface area contributed by atoms with Crippen LogP contribution in [0.2, 0.25) is 10.0 Å². The lowest BCUT2D eigenvalue weighted by Gasteiger charge is -2.34. The highest BCUT2D eigenvalue weighted by atomic mass is 35.5. The number of hydrogen-bond acceptors (Lipinski definition) is 4. The van der Waals surface area contributed by atoms with Gasteiger partial charge in [-0.2, -0.15) is 13.2 Å². The van der Waals surface area contributed by atoms with Crippen LogP contribution in [-0.4, -0.2) is 32.8 Å². The number of fused-ring (bicyclic) bond motifs is 11. The Bertz CT molecular complexity index is 4400. The molecule has 0 radical (unpaired) electrons. The van der Waals surface area contributed by atoms with Gasteiger partial charge in [0.25, 0.3) is 11.1 Å². The fourth-order valence-electron chi connectivity index (χ4n) is 13.0. The first kappa shape index (κ1) is 49.6. The van der Waals surface area contributed by atoms with Gasteiger partial charge in [0.2, 0.25) is 0 Å². The first-order valence-corrected chi connectivity index (χ1v) is 27.6. The molecule has 4 aliphatic rings. The van der Waals surface area contributed by atoms with E-state index in [1.165, 1.54) is 25.7 Å². The highest BCUT2D eigenvalue weighted by Crippen LogP contribution is 2.51. The Kier molecular flexibility index (Phi) is 11.7. The number of rotatable bonds is 10. The fraction of sp³-hybridized carbons (Fsp3) is 0.203. The third kappa shape index (κ3) is 7.93. The van der Waals surface area contributed by atoms with Gasteiger partial charge in [-0.3, -0.25) is 14.2 Å². The van der Waals surface area contributed by atoms with Crippen molar-refractivity contribution in [2.24, 2.45) is 0 Å². The number of hydrogen-bond donors (Lipinski definition) is 0. The lowest BCUT2D eigenvalue weighted by atomic mass is 9.84. The van der Waals surface area contributed by atoms with Gasteiger partial charge in [-0.25, -0.2) is 0 Å². The monoisotopic (exact) mass is 1100 g/mol. The summed E-state index contributed by atoms with van der Waals surface area (Å²) < 4.78 is 92.5. The Hall–Kier alpha value is -7.74. The number of halogens is 7. The molecule has 394 valence electrons. The number of unbranched alkanes of at least 4 members (excludes halogenated alkanes) is 3. The number of ether oxygens (including phenoxy) is 1. The van der Waals surface area contributed by atoms with Gasteiger partial charge in [0, 0.05) is 67.6 Å². The maximum Gasteiger partial charge on any atom is 0.737 e. The molecule has 15 heteroatoms. The summed E-state index contributed by atoms with van der Waals surface area (Å²) in [6, 6.07) is 38.5. The minimum absolute atomic E-state index is 0.217. The van der Waals surface area contributed by atoms with E-state index < -0.39 is 29.8 Å². The Labute approximate surface area is 459 Å². The quantitative estimate of drug-likeness (QED) is 0.0450. The molecule has 0 saturated carbocycles. The van der Waals surface area contributed by atoms with E-state index in [1.54, 1.807) is 42.5 Å². The van der Waals surface area contributed by atoms with Crippen molar-refractivity contribution >= 4 is 84.9 Å². The summed E-state index contributed by atoms with van der Waals surface area (Å²) in [4.78, 5) is 28.2. The van der Waals surface area contributed by atoms with Gasteiger partial charge in [0.05, 0.1) is 27.8 Å². The lowest BCUT2D eigenvalue weighted by Crippen LogP contribution is -2.51. The number of aryl methyl sites for hydroxylation is 3. The van der Waals surface area contributed by atoms with Crippen LogP contribution in [-0.2, 0) is 32.0 Å². The van der Waals surface area contributed by atoms with E-state index in [9.17, 15) is 22.8 Å². The molecule has 14 rings (SSSR count). The zero-order valence-corrected chi connectivity index (χ0v) is 44.0. The Morgan fingerprint density at radius 1 is 0.633 bits per heavy atom. The van der Waals surface area contributed by atoms with Crippen LogP contribution in [0.3, 0.4) is 0 Å². The van der Waals surface area contributed by atoms with Crippen LogP contribution in [0.1, 0.15) is 84.0 Å². The molecule has 0 unspecified atom stereocenters. The second-order valence-electron chi connectivity index (χ2n) is 21.2. The molecule has 0 spiro atoms. The van der Waals surface area contributed by atoms with E-state index in [2.05, 4.69) is 0 Å². The van der Waals surface area contributed by atoms with Crippen LogP contribution in [0, 0.1) is 0 Å². The predicted molar refractivity (Wildman–Crippen MR) is 304 cm³/mol. The molecule has 0 bridgehead atoms. The second kappa shape index (κ2) is 18.7. The van der Waals surface area contributed by atoms with Crippen LogP contribution in [0.15, 0.2) is 165 Å². The van der Waals surface area contributed by atoms with Crippen molar-refractivity contribution in [3.05, 3.63) is 221 Å². The predicted octanol–water partition coefficient (Wildman–Crippen LogP) is 16.2. The maximum atomic E-state index is 18.1. The summed E-state index contributed by atoms with van der Waals surface area (Å²) in [6.07, 6.45) is 4.68. The maximum absolute atomic E-state index is 18.1. The van der Waals surface area contributed by atoms with Crippen molar-refractivity contribution in [1.29, 1.82) is 0 Å². The molecule has 0 amide bonds. The van der Waals surface area contributed by atoms with Gasteiger partial charge in [0.15, 0.2) is 11.4 Å². The average Bonchev–Trinajstić information content (AvgIpc) is 3.05. The Morgan fingerprint density at radius 3 is 2.01 bits per heavy atom. The molecule has 2 aliphatic carbocycles. The highest BCUT2D eigenvalue weighted by molar-refractivity contribution is 6.59. The number of nitrogens with zero attached hydrogens (tertiary/aromatic N) is 3. The van der Waals surface area contributed by atoms with Crippen LogP contribution >= 0.6 is 23.2 Å². The summed E-state index contributed by atoms with van der Waals surface area (Å²) >= 11 is 14.6. The zero-order chi connectivity index (χ0) is 54.1. The number of benzene rings is 7. The number of pyridine rings is 1. The van der Waals surface area contributed by atoms with Crippen molar-refractivity contribution in [1.82, 2.24) is 9.05 Å². The number of alkyl halides is 3. The molecule has 10 aromatic rings. The van der Waals surface area contributed by atoms with E-state index in [4.69, 9.17) is 32.4 Å². The average molecular weight is 1100 g/mol.